The second-order valence-electron chi connectivity index (χ2n) is 5.29. The summed E-state index contributed by atoms with van der Waals surface area (Å²) < 4.78 is 13.0. The first-order valence-corrected chi connectivity index (χ1v) is 7.09. The van der Waals surface area contributed by atoms with Gasteiger partial charge < -0.3 is 15.7 Å². The molecule has 1 aromatic carbocycles. The topological polar surface area (TPSA) is 78.4 Å². The molecule has 21 heavy (non-hydrogen) atoms. The van der Waals surface area contributed by atoms with E-state index in [1.54, 1.807) is 0 Å². The molecule has 1 aromatic rings. The van der Waals surface area contributed by atoms with E-state index in [9.17, 15) is 19.1 Å². The molecule has 0 radical (unpaired) electrons. The van der Waals surface area contributed by atoms with Crippen LogP contribution in [-0.4, -0.2) is 29.6 Å². The Bertz CT molecular complexity index is 521. The van der Waals surface area contributed by atoms with Gasteiger partial charge in [0.15, 0.2) is 0 Å². The van der Waals surface area contributed by atoms with Crippen LogP contribution < -0.4 is 10.6 Å². The summed E-state index contributed by atoms with van der Waals surface area (Å²) in [4.78, 5) is 23.4. The van der Waals surface area contributed by atoms with Crippen molar-refractivity contribution in [3.05, 3.63) is 30.1 Å². The molecule has 3 N–H and O–H groups in total. The van der Waals surface area contributed by atoms with Gasteiger partial charge in [-0.05, 0) is 31.0 Å². The van der Waals surface area contributed by atoms with Gasteiger partial charge in [0.2, 0.25) is 0 Å². The zero-order chi connectivity index (χ0) is 15.2. The van der Waals surface area contributed by atoms with Crippen LogP contribution in [0.3, 0.4) is 0 Å². The van der Waals surface area contributed by atoms with E-state index in [1.807, 2.05) is 0 Å². The zero-order valence-electron chi connectivity index (χ0n) is 11.6. The smallest absolute Gasteiger partial charge is 0.313 e. The molecule has 0 unspecified atom stereocenters. The Kier molecular flexibility index (Phi) is 5.27. The summed E-state index contributed by atoms with van der Waals surface area (Å²) >= 11 is 0. The highest BCUT2D eigenvalue weighted by molar-refractivity contribution is 6.39. The fraction of sp³-hybridized carbons (Fsp3) is 0.467. The number of halogens is 1. The standard InChI is InChI=1S/C15H19FN2O3/c16-11-5-3-6-12(8-11)18-15(21)14(20)17-9-10-4-1-2-7-13(10)19/h3,5-6,8,10,13,19H,1-2,4,7,9H2,(H,17,20)(H,18,21)/t10-,13+/m1/s1. The van der Waals surface area contributed by atoms with Crippen molar-refractivity contribution >= 4 is 17.5 Å². The van der Waals surface area contributed by atoms with Crippen molar-refractivity contribution in [3.63, 3.8) is 0 Å². The lowest BCUT2D eigenvalue weighted by Crippen LogP contribution is -2.41. The third-order valence-corrected chi connectivity index (χ3v) is 3.68. The largest absolute Gasteiger partial charge is 0.393 e. The third-order valence-electron chi connectivity index (χ3n) is 3.68. The van der Waals surface area contributed by atoms with Gasteiger partial charge in [-0.1, -0.05) is 18.9 Å². The van der Waals surface area contributed by atoms with Crippen molar-refractivity contribution in [1.29, 1.82) is 0 Å². The summed E-state index contributed by atoms with van der Waals surface area (Å²) in [6.45, 7) is 0.274. The summed E-state index contributed by atoms with van der Waals surface area (Å²) in [5, 5.41) is 14.6. The number of anilines is 1. The highest BCUT2D eigenvalue weighted by Crippen LogP contribution is 2.23. The molecule has 0 heterocycles. The Balaban J connectivity index is 1.81. The van der Waals surface area contributed by atoms with Crippen molar-refractivity contribution in [1.82, 2.24) is 5.32 Å². The minimum absolute atomic E-state index is 0.00957. The van der Waals surface area contributed by atoms with E-state index in [0.29, 0.717) is 0 Å². The molecule has 0 saturated heterocycles. The molecule has 2 atom stereocenters. The van der Waals surface area contributed by atoms with Crippen LogP contribution in [0, 0.1) is 11.7 Å². The van der Waals surface area contributed by atoms with E-state index in [4.69, 9.17) is 0 Å². The third kappa shape index (κ3) is 4.53. The molecule has 6 heteroatoms. The van der Waals surface area contributed by atoms with Crippen LogP contribution >= 0.6 is 0 Å². The number of nitrogens with one attached hydrogen (secondary N) is 2. The fourth-order valence-electron chi connectivity index (χ4n) is 2.48. The van der Waals surface area contributed by atoms with Crippen LogP contribution in [-0.2, 0) is 9.59 Å². The number of carbonyl (C=O) groups is 2. The van der Waals surface area contributed by atoms with Crippen LogP contribution in [0.4, 0.5) is 10.1 Å². The molecule has 2 rings (SSSR count). The van der Waals surface area contributed by atoms with Gasteiger partial charge >= 0.3 is 11.8 Å². The minimum Gasteiger partial charge on any atom is -0.393 e. The van der Waals surface area contributed by atoms with Gasteiger partial charge in [0.25, 0.3) is 0 Å². The van der Waals surface area contributed by atoms with E-state index in [0.717, 1.165) is 31.7 Å². The lowest BCUT2D eigenvalue weighted by Gasteiger charge is -2.27. The molecule has 0 spiro atoms. The maximum absolute atomic E-state index is 13.0. The van der Waals surface area contributed by atoms with Gasteiger partial charge in [-0.25, -0.2) is 4.39 Å². The van der Waals surface area contributed by atoms with E-state index in [1.165, 1.54) is 18.2 Å². The number of aliphatic hydroxyl groups is 1. The van der Waals surface area contributed by atoms with Gasteiger partial charge in [0.05, 0.1) is 6.10 Å². The van der Waals surface area contributed by atoms with Gasteiger partial charge in [-0.2, -0.15) is 0 Å². The number of aliphatic hydroxyl groups excluding tert-OH is 1. The Morgan fingerprint density at radius 3 is 2.71 bits per heavy atom. The van der Waals surface area contributed by atoms with Crippen LogP contribution in [0.2, 0.25) is 0 Å². The Hall–Kier alpha value is -1.95. The molecule has 5 nitrogen and oxygen atoms in total. The molecule has 1 saturated carbocycles. The number of hydrogen-bond donors (Lipinski definition) is 3. The Morgan fingerprint density at radius 2 is 2.00 bits per heavy atom. The maximum Gasteiger partial charge on any atom is 0.313 e. The molecule has 0 bridgehead atoms. The second kappa shape index (κ2) is 7.17. The van der Waals surface area contributed by atoms with Crippen molar-refractivity contribution < 1.29 is 19.1 Å². The minimum atomic E-state index is -0.842. The molecular weight excluding hydrogens is 275 g/mol. The molecule has 2 amide bonds. The number of hydrogen-bond acceptors (Lipinski definition) is 3. The summed E-state index contributed by atoms with van der Waals surface area (Å²) in [6.07, 6.45) is 3.16. The number of benzene rings is 1. The van der Waals surface area contributed by atoms with E-state index < -0.39 is 23.7 Å². The zero-order valence-corrected chi connectivity index (χ0v) is 11.6. The first-order valence-electron chi connectivity index (χ1n) is 7.09. The monoisotopic (exact) mass is 294 g/mol. The van der Waals surface area contributed by atoms with Crippen molar-refractivity contribution in [2.45, 2.75) is 31.8 Å². The molecule has 1 aliphatic carbocycles. The molecular formula is C15H19FN2O3. The average molecular weight is 294 g/mol. The van der Waals surface area contributed by atoms with Gasteiger partial charge in [-0.3, -0.25) is 9.59 Å². The van der Waals surface area contributed by atoms with E-state index in [2.05, 4.69) is 10.6 Å². The number of amides is 2. The Morgan fingerprint density at radius 1 is 1.24 bits per heavy atom. The Labute approximate surface area is 122 Å². The summed E-state index contributed by atoms with van der Waals surface area (Å²) in [7, 11) is 0. The quantitative estimate of drug-likeness (QED) is 0.738. The molecule has 0 aliphatic heterocycles. The normalized spacial score (nSPS) is 21.6. The molecule has 114 valence electrons. The lowest BCUT2D eigenvalue weighted by atomic mass is 9.86. The van der Waals surface area contributed by atoms with Crippen molar-refractivity contribution in [2.24, 2.45) is 5.92 Å². The van der Waals surface area contributed by atoms with Crippen LogP contribution in [0.5, 0.6) is 0 Å². The van der Waals surface area contributed by atoms with E-state index in [-0.39, 0.29) is 18.2 Å². The first kappa shape index (κ1) is 15.4. The summed E-state index contributed by atoms with van der Waals surface area (Å²) in [5.74, 6) is -2.12. The first-order chi connectivity index (χ1) is 10.1. The SMILES string of the molecule is O=C(NC[C@H]1CCCC[C@@H]1O)C(=O)Nc1cccc(F)c1. The van der Waals surface area contributed by atoms with Crippen LogP contribution in [0.15, 0.2) is 24.3 Å². The molecule has 0 aromatic heterocycles. The predicted octanol–water partition coefficient (Wildman–Crippen LogP) is 1.43. The fourth-order valence-corrected chi connectivity index (χ4v) is 2.48. The number of rotatable bonds is 3. The summed E-state index contributed by atoms with van der Waals surface area (Å²) in [6, 6.07) is 5.33. The van der Waals surface area contributed by atoms with Crippen LogP contribution in [0.25, 0.3) is 0 Å². The van der Waals surface area contributed by atoms with E-state index >= 15 is 0 Å². The molecule has 1 aliphatic rings. The lowest BCUT2D eigenvalue weighted by molar-refractivity contribution is -0.136. The predicted molar refractivity (Wildman–Crippen MR) is 76.0 cm³/mol. The van der Waals surface area contributed by atoms with Gasteiger partial charge in [0.1, 0.15) is 5.82 Å². The van der Waals surface area contributed by atoms with Crippen molar-refractivity contribution in [3.8, 4) is 0 Å². The highest BCUT2D eigenvalue weighted by atomic mass is 19.1. The summed E-state index contributed by atoms with van der Waals surface area (Å²) in [5.41, 5.74) is 0.229. The van der Waals surface area contributed by atoms with Crippen molar-refractivity contribution in [2.75, 3.05) is 11.9 Å². The average Bonchev–Trinajstić information content (AvgIpc) is 2.46. The van der Waals surface area contributed by atoms with Gasteiger partial charge in [-0.15, -0.1) is 0 Å². The molecule has 1 fully saturated rings. The van der Waals surface area contributed by atoms with Gasteiger partial charge in [0, 0.05) is 18.2 Å². The van der Waals surface area contributed by atoms with Crippen LogP contribution in [0.1, 0.15) is 25.7 Å². The second-order valence-corrected chi connectivity index (χ2v) is 5.29. The maximum atomic E-state index is 13.0. The number of carbonyl (C=O) groups excluding carboxylic acids is 2. The highest BCUT2D eigenvalue weighted by Gasteiger charge is 2.24.